The van der Waals surface area contributed by atoms with Crippen molar-refractivity contribution in [2.75, 3.05) is 44.4 Å². The molecule has 2 amide bonds. The minimum absolute atomic E-state index is 0.0451. The number of hydrogen-bond acceptors (Lipinski definition) is 7. The highest BCUT2D eigenvalue weighted by atomic mass is 16.5. The van der Waals surface area contributed by atoms with Crippen molar-refractivity contribution < 1.29 is 23.6 Å². The van der Waals surface area contributed by atoms with Gasteiger partial charge in [0, 0.05) is 51.1 Å². The average Bonchev–Trinajstić information content (AvgIpc) is 3.36. The first-order valence-electron chi connectivity index (χ1n) is 12.3. The number of fused-ring (bicyclic) bond motifs is 1. The summed E-state index contributed by atoms with van der Waals surface area (Å²) in [5.41, 5.74) is 1.87. The van der Waals surface area contributed by atoms with Crippen molar-refractivity contribution in [3.8, 4) is 5.75 Å². The van der Waals surface area contributed by atoms with E-state index in [0.29, 0.717) is 44.3 Å². The first kappa shape index (κ1) is 22.8. The van der Waals surface area contributed by atoms with Crippen LogP contribution < -0.4 is 9.64 Å². The molecule has 3 aliphatic heterocycles. The third kappa shape index (κ3) is 4.94. The van der Waals surface area contributed by atoms with E-state index in [1.807, 2.05) is 30.0 Å². The van der Waals surface area contributed by atoms with Gasteiger partial charge in [-0.1, -0.05) is 11.2 Å². The predicted molar refractivity (Wildman–Crippen MR) is 124 cm³/mol. The fraction of sp³-hybridized carbons (Fsp3) is 0.600. The van der Waals surface area contributed by atoms with Crippen molar-refractivity contribution >= 4 is 17.5 Å². The largest absolute Gasteiger partial charge is 0.482 e. The van der Waals surface area contributed by atoms with Crippen LogP contribution >= 0.6 is 0 Å². The van der Waals surface area contributed by atoms with Crippen molar-refractivity contribution in [2.45, 2.75) is 57.3 Å². The fourth-order valence-corrected chi connectivity index (χ4v) is 5.01. The van der Waals surface area contributed by atoms with Gasteiger partial charge in [0.1, 0.15) is 5.75 Å². The van der Waals surface area contributed by atoms with Crippen LogP contribution in [-0.4, -0.2) is 66.3 Å². The average molecular weight is 469 g/mol. The third-order valence-corrected chi connectivity index (χ3v) is 7.07. The zero-order chi connectivity index (χ0) is 23.5. The molecule has 2 fully saturated rings. The highest BCUT2D eigenvalue weighted by Gasteiger charge is 2.30. The number of rotatable bonds is 6. The van der Waals surface area contributed by atoms with Gasteiger partial charge in [-0.3, -0.25) is 9.59 Å². The molecular weight excluding hydrogens is 436 g/mol. The maximum Gasteiger partial charge on any atom is 0.265 e. The second-order valence-corrected chi connectivity index (χ2v) is 9.44. The summed E-state index contributed by atoms with van der Waals surface area (Å²) in [6.07, 6.45) is 4.58. The van der Waals surface area contributed by atoms with E-state index in [1.54, 1.807) is 4.90 Å². The van der Waals surface area contributed by atoms with Crippen LogP contribution in [0.25, 0.3) is 0 Å². The summed E-state index contributed by atoms with van der Waals surface area (Å²) in [4.78, 5) is 33.6. The molecule has 0 spiro atoms. The molecule has 4 heterocycles. The molecule has 0 radical (unpaired) electrons. The van der Waals surface area contributed by atoms with E-state index >= 15 is 0 Å². The minimum Gasteiger partial charge on any atom is -0.482 e. The van der Waals surface area contributed by atoms with Gasteiger partial charge in [-0.05, 0) is 56.7 Å². The lowest BCUT2D eigenvalue weighted by Gasteiger charge is -2.31. The number of likely N-dealkylation sites (tertiary alicyclic amines) is 1. The molecule has 0 saturated carbocycles. The fourth-order valence-electron chi connectivity index (χ4n) is 5.01. The van der Waals surface area contributed by atoms with Crippen LogP contribution in [0, 0.1) is 6.92 Å². The zero-order valence-electron chi connectivity index (χ0n) is 19.7. The highest BCUT2D eigenvalue weighted by Crippen LogP contribution is 2.33. The van der Waals surface area contributed by atoms with Gasteiger partial charge < -0.3 is 23.8 Å². The number of piperidine rings is 1. The van der Waals surface area contributed by atoms with Crippen LogP contribution in [0.15, 0.2) is 22.7 Å². The molecule has 1 aromatic carbocycles. The first-order valence-corrected chi connectivity index (χ1v) is 12.3. The summed E-state index contributed by atoms with van der Waals surface area (Å²) in [6, 6.07) is 5.83. The van der Waals surface area contributed by atoms with Crippen LogP contribution in [-0.2, 0) is 14.3 Å². The predicted octanol–water partition coefficient (Wildman–Crippen LogP) is 3.18. The van der Waals surface area contributed by atoms with Crippen molar-refractivity contribution in [1.82, 2.24) is 15.0 Å². The molecule has 2 aromatic rings. The van der Waals surface area contributed by atoms with E-state index in [0.717, 1.165) is 61.7 Å². The molecule has 0 N–H and O–H groups in total. The van der Waals surface area contributed by atoms with Gasteiger partial charge in [0.2, 0.25) is 11.8 Å². The number of ether oxygens (including phenoxy) is 2. The third-order valence-electron chi connectivity index (χ3n) is 7.07. The Morgan fingerprint density at radius 2 is 1.91 bits per heavy atom. The number of hydrogen-bond donors (Lipinski definition) is 0. The molecule has 1 aromatic heterocycles. The molecule has 0 atom stereocenters. The van der Waals surface area contributed by atoms with Crippen molar-refractivity contribution in [3.63, 3.8) is 0 Å². The second kappa shape index (κ2) is 10.1. The summed E-state index contributed by atoms with van der Waals surface area (Å²) in [5, 5.41) is 4.22. The van der Waals surface area contributed by atoms with E-state index in [1.165, 1.54) is 0 Å². The quantitative estimate of drug-likeness (QED) is 0.642. The molecule has 3 aliphatic rings. The smallest absolute Gasteiger partial charge is 0.265 e. The number of carbonyl (C=O) groups excluding carboxylic acids is 2. The van der Waals surface area contributed by atoms with Crippen LogP contribution in [0.1, 0.15) is 67.6 Å². The number of aromatic nitrogens is 2. The normalized spacial score (nSPS) is 19.7. The summed E-state index contributed by atoms with van der Waals surface area (Å²) >= 11 is 0. The van der Waals surface area contributed by atoms with Gasteiger partial charge in [-0.15, -0.1) is 0 Å². The first-order chi connectivity index (χ1) is 16.6. The number of carbonyl (C=O) groups is 2. The molecule has 0 aliphatic carbocycles. The Labute approximate surface area is 199 Å². The number of benzene rings is 1. The van der Waals surface area contributed by atoms with Crippen molar-refractivity contribution in [1.29, 1.82) is 0 Å². The Balaban J connectivity index is 1.09. The molecule has 2 saturated heterocycles. The standard InChI is InChI=1S/C25H32N4O5/c1-17-4-5-21-20(15-17)29(23(31)16-33-21)10-2-3-22(30)28-11-6-19(7-12-28)25-26-24(27-34-25)18-8-13-32-14-9-18/h4-5,15,18-19H,2-3,6-14,16H2,1H3. The maximum atomic E-state index is 12.8. The van der Waals surface area contributed by atoms with Gasteiger partial charge in [0.05, 0.1) is 5.69 Å². The summed E-state index contributed by atoms with van der Waals surface area (Å²) in [5.74, 6) is 2.82. The minimum atomic E-state index is -0.0638. The summed E-state index contributed by atoms with van der Waals surface area (Å²) in [6.45, 7) is 5.43. The lowest BCUT2D eigenvalue weighted by Crippen LogP contribution is -2.41. The van der Waals surface area contributed by atoms with Crippen molar-refractivity contribution in [3.05, 3.63) is 35.5 Å². The van der Waals surface area contributed by atoms with Gasteiger partial charge in [0.15, 0.2) is 12.4 Å². The lowest BCUT2D eigenvalue weighted by molar-refractivity contribution is -0.132. The van der Waals surface area contributed by atoms with Crippen LogP contribution in [0.4, 0.5) is 5.69 Å². The Hall–Kier alpha value is -2.94. The summed E-state index contributed by atoms with van der Waals surface area (Å²) < 4.78 is 16.5. The molecule has 0 unspecified atom stereocenters. The van der Waals surface area contributed by atoms with E-state index in [2.05, 4.69) is 10.1 Å². The van der Waals surface area contributed by atoms with Gasteiger partial charge in [-0.25, -0.2) is 0 Å². The van der Waals surface area contributed by atoms with E-state index in [-0.39, 0.29) is 24.3 Å². The topological polar surface area (TPSA) is 98.0 Å². The van der Waals surface area contributed by atoms with Gasteiger partial charge in [0.25, 0.3) is 5.91 Å². The Morgan fingerprint density at radius 3 is 2.71 bits per heavy atom. The number of aryl methyl sites for hydroxylation is 1. The van der Waals surface area contributed by atoms with Crippen LogP contribution in [0.5, 0.6) is 5.75 Å². The zero-order valence-corrected chi connectivity index (χ0v) is 19.7. The lowest BCUT2D eigenvalue weighted by atomic mass is 9.96. The molecule has 182 valence electrons. The molecule has 9 heteroatoms. The molecule has 0 bridgehead atoms. The van der Waals surface area contributed by atoms with Crippen LogP contribution in [0.3, 0.4) is 0 Å². The van der Waals surface area contributed by atoms with E-state index < -0.39 is 0 Å². The molecule has 5 rings (SSSR count). The van der Waals surface area contributed by atoms with E-state index in [9.17, 15) is 9.59 Å². The number of anilines is 1. The molecule has 9 nitrogen and oxygen atoms in total. The van der Waals surface area contributed by atoms with Gasteiger partial charge >= 0.3 is 0 Å². The van der Waals surface area contributed by atoms with E-state index in [4.69, 9.17) is 14.0 Å². The summed E-state index contributed by atoms with van der Waals surface area (Å²) in [7, 11) is 0. The number of nitrogens with zero attached hydrogens (tertiary/aromatic N) is 4. The monoisotopic (exact) mass is 468 g/mol. The Kier molecular flexibility index (Phi) is 6.80. The maximum absolute atomic E-state index is 12.8. The number of amides is 2. The molecular formula is C25H32N4O5. The highest BCUT2D eigenvalue weighted by molar-refractivity contribution is 5.98. The SMILES string of the molecule is Cc1ccc2c(c1)N(CCCC(=O)N1CCC(c3nc(C4CCOCC4)no3)CC1)C(=O)CO2. The van der Waals surface area contributed by atoms with Crippen molar-refractivity contribution in [2.24, 2.45) is 0 Å². The Bertz CT molecular complexity index is 1020. The van der Waals surface area contributed by atoms with Gasteiger partial charge in [-0.2, -0.15) is 4.98 Å². The molecule has 34 heavy (non-hydrogen) atoms. The Morgan fingerprint density at radius 1 is 1.12 bits per heavy atom. The second-order valence-electron chi connectivity index (χ2n) is 9.44. The van der Waals surface area contributed by atoms with Crippen LogP contribution in [0.2, 0.25) is 0 Å².